The van der Waals surface area contributed by atoms with Gasteiger partial charge in [0.1, 0.15) is 0 Å². The zero-order valence-electron chi connectivity index (χ0n) is 10.6. The second-order valence-corrected chi connectivity index (χ2v) is 6.46. The van der Waals surface area contributed by atoms with Crippen molar-refractivity contribution in [2.45, 2.75) is 75.3 Å². The molecule has 1 fully saturated rings. The first-order valence-corrected chi connectivity index (χ1v) is 7.55. The van der Waals surface area contributed by atoms with Gasteiger partial charge in [-0.25, -0.2) is 0 Å². The summed E-state index contributed by atoms with van der Waals surface area (Å²) in [7, 11) is 2.14. The SMILES string of the molecule is CCC(C)SC1CCCCCCC1NC. The summed E-state index contributed by atoms with van der Waals surface area (Å²) in [5, 5.41) is 5.21. The summed E-state index contributed by atoms with van der Waals surface area (Å²) in [6, 6.07) is 0.754. The third-order valence-corrected chi connectivity index (χ3v) is 5.27. The molecule has 3 atom stereocenters. The monoisotopic (exact) mass is 229 g/mol. The van der Waals surface area contributed by atoms with Crippen molar-refractivity contribution in [3.05, 3.63) is 0 Å². The van der Waals surface area contributed by atoms with Crippen LogP contribution in [0.4, 0.5) is 0 Å². The molecule has 1 rings (SSSR count). The summed E-state index contributed by atoms with van der Waals surface area (Å²) < 4.78 is 0. The highest BCUT2D eigenvalue weighted by Crippen LogP contribution is 2.30. The number of thioether (sulfide) groups is 1. The Morgan fingerprint density at radius 1 is 1.20 bits per heavy atom. The fourth-order valence-electron chi connectivity index (χ4n) is 2.34. The van der Waals surface area contributed by atoms with Crippen LogP contribution in [-0.4, -0.2) is 23.6 Å². The number of hydrogen-bond donors (Lipinski definition) is 1. The van der Waals surface area contributed by atoms with Crippen molar-refractivity contribution >= 4 is 11.8 Å². The predicted molar refractivity (Wildman–Crippen MR) is 71.7 cm³/mol. The van der Waals surface area contributed by atoms with Gasteiger partial charge >= 0.3 is 0 Å². The van der Waals surface area contributed by atoms with E-state index in [-0.39, 0.29) is 0 Å². The summed E-state index contributed by atoms with van der Waals surface area (Å²) in [6.45, 7) is 4.67. The van der Waals surface area contributed by atoms with Crippen LogP contribution in [0.5, 0.6) is 0 Å². The van der Waals surface area contributed by atoms with E-state index in [1.165, 1.54) is 44.9 Å². The van der Waals surface area contributed by atoms with Crippen LogP contribution < -0.4 is 5.32 Å². The quantitative estimate of drug-likeness (QED) is 0.786. The Morgan fingerprint density at radius 3 is 2.47 bits per heavy atom. The minimum Gasteiger partial charge on any atom is -0.316 e. The van der Waals surface area contributed by atoms with E-state index in [2.05, 4.69) is 38.0 Å². The van der Waals surface area contributed by atoms with Crippen LogP contribution in [0.25, 0.3) is 0 Å². The van der Waals surface area contributed by atoms with E-state index in [1.54, 1.807) is 0 Å². The van der Waals surface area contributed by atoms with Crippen molar-refractivity contribution in [3.8, 4) is 0 Å². The van der Waals surface area contributed by atoms with Crippen molar-refractivity contribution < 1.29 is 0 Å². The average Bonchev–Trinajstić information content (AvgIpc) is 2.22. The van der Waals surface area contributed by atoms with Gasteiger partial charge in [-0.2, -0.15) is 11.8 Å². The highest BCUT2D eigenvalue weighted by molar-refractivity contribution is 8.00. The molecule has 3 unspecified atom stereocenters. The highest BCUT2D eigenvalue weighted by atomic mass is 32.2. The van der Waals surface area contributed by atoms with Crippen molar-refractivity contribution in [2.75, 3.05) is 7.05 Å². The van der Waals surface area contributed by atoms with Crippen LogP contribution in [0.3, 0.4) is 0 Å². The third kappa shape index (κ3) is 4.78. The van der Waals surface area contributed by atoms with Crippen LogP contribution in [0.15, 0.2) is 0 Å². The minimum absolute atomic E-state index is 0.754. The second-order valence-electron chi connectivity index (χ2n) is 4.78. The molecular formula is C13H27NS. The molecule has 0 heterocycles. The van der Waals surface area contributed by atoms with Crippen molar-refractivity contribution in [3.63, 3.8) is 0 Å². The minimum atomic E-state index is 0.754. The Balaban J connectivity index is 2.45. The van der Waals surface area contributed by atoms with Gasteiger partial charge in [0.05, 0.1) is 0 Å². The molecule has 1 N–H and O–H groups in total. The van der Waals surface area contributed by atoms with Crippen LogP contribution in [0.2, 0.25) is 0 Å². The van der Waals surface area contributed by atoms with Crippen LogP contribution in [-0.2, 0) is 0 Å². The lowest BCUT2D eigenvalue weighted by atomic mass is 9.96. The maximum atomic E-state index is 3.53. The summed E-state index contributed by atoms with van der Waals surface area (Å²) >= 11 is 2.21. The van der Waals surface area contributed by atoms with Gasteiger partial charge in [0.2, 0.25) is 0 Å². The Morgan fingerprint density at radius 2 is 1.87 bits per heavy atom. The summed E-state index contributed by atoms with van der Waals surface area (Å²) in [4.78, 5) is 0. The molecular weight excluding hydrogens is 202 g/mol. The van der Waals surface area contributed by atoms with E-state index < -0.39 is 0 Å². The number of hydrogen-bond acceptors (Lipinski definition) is 2. The Hall–Kier alpha value is 0.310. The smallest absolute Gasteiger partial charge is 0.0203 e. The molecule has 1 nitrogen and oxygen atoms in total. The molecule has 0 amide bonds. The van der Waals surface area contributed by atoms with Crippen LogP contribution in [0, 0.1) is 0 Å². The van der Waals surface area contributed by atoms with Gasteiger partial charge in [0.15, 0.2) is 0 Å². The molecule has 0 saturated heterocycles. The van der Waals surface area contributed by atoms with Crippen LogP contribution >= 0.6 is 11.8 Å². The van der Waals surface area contributed by atoms with Gasteiger partial charge in [0, 0.05) is 16.5 Å². The molecule has 0 radical (unpaired) electrons. The van der Waals surface area contributed by atoms with Gasteiger partial charge in [-0.3, -0.25) is 0 Å². The van der Waals surface area contributed by atoms with Crippen LogP contribution in [0.1, 0.15) is 58.8 Å². The average molecular weight is 229 g/mol. The van der Waals surface area contributed by atoms with E-state index in [1.807, 2.05) is 0 Å². The molecule has 1 aliphatic rings. The molecule has 0 aliphatic heterocycles. The lowest BCUT2D eigenvalue weighted by molar-refractivity contribution is 0.419. The molecule has 1 aliphatic carbocycles. The predicted octanol–water partition coefficient (Wildman–Crippen LogP) is 3.83. The third-order valence-electron chi connectivity index (χ3n) is 3.56. The molecule has 0 aromatic carbocycles. The Kier molecular flexibility index (Phi) is 6.74. The van der Waals surface area contributed by atoms with Gasteiger partial charge < -0.3 is 5.32 Å². The summed E-state index contributed by atoms with van der Waals surface area (Å²) in [5.41, 5.74) is 0. The highest BCUT2D eigenvalue weighted by Gasteiger charge is 2.23. The summed E-state index contributed by atoms with van der Waals surface area (Å²) in [6.07, 6.45) is 9.85. The molecule has 90 valence electrons. The fraction of sp³-hybridized carbons (Fsp3) is 1.00. The van der Waals surface area contributed by atoms with Crippen molar-refractivity contribution in [1.82, 2.24) is 5.32 Å². The van der Waals surface area contributed by atoms with Gasteiger partial charge in [-0.1, -0.05) is 39.5 Å². The first-order valence-electron chi connectivity index (χ1n) is 6.60. The first-order chi connectivity index (χ1) is 7.27. The van der Waals surface area contributed by atoms with E-state index >= 15 is 0 Å². The van der Waals surface area contributed by atoms with Gasteiger partial charge in [0.25, 0.3) is 0 Å². The zero-order chi connectivity index (χ0) is 11.1. The summed E-state index contributed by atoms with van der Waals surface area (Å²) in [5.74, 6) is 0. The molecule has 0 aromatic rings. The first kappa shape index (κ1) is 13.4. The Bertz CT molecular complexity index is 161. The molecule has 2 heteroatoms. The van der Waals surface area contributed by atoms with E-state index in [0.29, 0.717) is 0 Å². The lowest BCUT2D eigenvalue weighted by Crippen LogP contribution is -2.37. The van der Waals surface area contributed by atoms with E-state index in [9.17, 15) is 0 Å². The molecule has 15 heavy (non-hydrogen) atoms. The maximum absolute atomic E-state index is 3.53. The fourth-order valence-corrected chi connectivity index (χ4v) is 3.89. The standard InChI is InChI=1S/C13H27NS/c1-4-11(2)15-13-10-8-6-5-7-9-12(13)14-3/h11-14H,4-10H2,1-3H3. The van der Waals surface area contributed by atoms with Gasteiger partial charge in [-0.15, -0.1) is 0 Å². The molecule has 0 spiro atoms. The second kappa shape index (κ2) is 7.56. The van der Waals surface area contributed by atoms with Gasteiger partial charge in [-0.05, 0) is 26.3 Å². The molecule has 0 aromatic heterocycles. The number of rotatable bonds is 4. The zero-order valence-corrected chi connectivity index (χ0v) is 11.4. The lowest BCUT2D eigenvalue weighted by Gasteiger charge is -2.30. The topological polar surface area (TPSA) is 12.0 Å². The maximum Gasteiger partial charge on any atom is 0.0203 e. The Labute approximate surface area is 99.8 Å². The van der Waals surface area contributed by atoms with Crippen molar-refractivity contribution in [1.29, 1.82) is 0 Å². The molecule has 1 saturated carbocycles. The largest absolute Gasteiger partial charge is 0.316 e. The van der Waals surface area contributed by atoms with E-state index in [4.69, 9.17) is 0 Å². The van der Waals surface area contributed by atoms with Crippen molar-refractivity contribution in [2.24, 2.45) is 0 Å². The number of nitrogens with one attached hydrogen (secondary N) is 1. The van der Waals surface area contributed by atoms with E-state index in [0.717, 1.165) is 16.5 Å². The molecule has 0 bridgehead atoms. The normalized spacial score (nSPS) is 30.6.